The Morgan fingerprint density at radius 3 is 2.53 bits per heavy atom. The zero-order valence-corrected chi connectivity index (χ0v) is 23.6. The van der Waals surface area contributed by atoms with Gasteiger partial charge in [-0.3, -0.25) is 14.5 Å². The number of carboxylic acid groups (broad SMARTS) is 1. The van der Waals surface area contributed by atoms with E-state index in [0.717, 1.165) is 49.0 Å². The molecule has 9 nitrogen and oxygen atoms in total. The van der Waals surface area contributed by atoms with E-state index >= 15 is 0 Å². The second-order valence-corrected chi connectivity index (χ2v) is 13.0. The van der Waals surface area contributed by atoms with Gasteiger partial charge in [0.05, 0.1) is 24.8 Å². The molecule has 1 N–H and O–H groups in total. The quantitative estimate of drug-likeness (QED) is 0.403. The molecule has 212 valence electrons. The third-order valence-corrected chi connectivity index (χ3v) is 10.3. The van der Waals surface area contributed by atoms with Crippen LogP contribution in [0.15, 0.2) is 18.2 Å². The third-order valence-electron chi connectivity index (χ3n) is 8.31. The van der Waals surface area contributed by atoms with Crippen LogP contribution in [0, 0.1) is 5.92 Å². The Morgan fingerprint density at radius 1 is 1.16 bits per heavy atom. The van der Waals surface area contributed by atoms with E-state index in [0.29, 0.717) is 45.6 Å². The summed E-state index contributed by atoms with van der Waals surface area (Å²) >= 11 is 0. The van der Waals surface area contributed by atoms with Crippen molar-refractivity contribution in [3.8, 4) is 5.75 Å². The molecule has 3 heterocycles. The maximum atomic E-state index is 13.5. The highest BCUT2D eigenvalue weighted by atomic mass is 32.2. The topological polar surface area (TPSA) is 107 Å². The van der Waals surface area contributed by atoms with E-state index in [2.05, 4.69) is 19.9 Å². The van der Waals surface area contributed by atoms with Crippen LogP contribution < -0.4 is 4.74 Å². The Bertz CT molecular complexity index is 1090. The molecule has 1 amide bonds. The number of hydrogen-bond donors (Lipinski definition) is 1. The first-order valence-corrected chi connectivity index (χ1v) is 15.8. The van der Waals surface area contributed by atoms with Gasteiger partial charge >= 0.3 is 5.97 Å². The molecule has 2 saturated heterocycles. The molecule has 3 atom stereocenters. The van der Waals surface area contributed by atoms with Gasteiger partial charge in [-0.25, -0.2) is 12.7 Å². The van der Waals surface area contributed by atoms with Crippen molar-refractivity contribution < 1.29 is 27.9 Å². The largest absolute Gasteiger partial charge is 0.493 e. The van der Waals surface area contributed by atoms with Crippen LogP contribution in [0.3, 0.4) is 0 Å². The number of aliphatic carboxylic acids is 1. The summed E-state index contributed by atoms with van der Waals surface area (Å²) in [5.41, 5.74) is 2.04. The molecule has 0 radical (unpaired) electrons. The summed E-state index contributed by atoms with van der Waals surface area (Å²) in [5.74, 6) is -0.891. The number of nitrogens with zero attached hydrogens (tertiary/aromatic N) is 3. The first kappa shape index (κ1) is 28.8. The molecule has 1 aromatic carbocycles. The van der Waals surface area contributed by atoms with Crippen molar-refractivity contribution in [1.82, 2.24) is 14.1 Å². The number of fused-ring (bicyclic) bond motifs is 1. The molecular weight excluding hydrogens is 506 g/mol. The summed E-state index contributed by atoms with van der Waals surface area (Å²) in [7, 11) is -3.29. The molecule has 10 heteroatoms. The summed E-state index contributed by atoms with van der Waals surface area (Å²) in [6.45, 7) is 7.61. The molecule has 0 aliphatic carbocycles. The van der Waals surface area contributed by atoms with Gasteiger partial charge in [0.1, 0.15) is 5.75 Å². The molecule has 0 spiro atoms. The SMILES string of the molecule is CCCCN(CCCC)C(=O)CN1C[C@H](c2ccc3c(c2)CCO3)[C@@H](C(=O)O)[C@@H]1CCN1CCCS1(=O)=O. The average molecular weight is 550 g/mol. The lowest BCUT2D eigenvalue weighted by atomic mass is 9.83. The van der Waals surface area contributed by atoms with Crippen LogP contribution in [0.1, 0.15) is 69.4 Å². The van der Waals surface area contributed by atoms with Crippen molar-refractivity contribution in [2.45, 2.75) is 70.8 Å². The standard InChI is InChI=1S/C28H43N3O6S/c1-3-5-12-29(13-6-4-2)26(32)20-30-19-23(21-8-9-25-22(18-21)11-16-37-25)27(28(33)34)24(30)10-15-31-14-7-17-38(31,35)36/h8-9,18,23-24,27H,3-7,10-17,19-20H2,1-2H3,(H,33,34)/t23-,24+,27-/m1/s1. The Morgan fingerprint density at radius 2 is 1.89 bits per heavy atom. The number of hydrogen-bond acceptors (Lipinski definition) is 6. The number of benzene rings is 1. The van der Waals surface area contributed by atoms with Gasteiger partial charge < -0.3 is 14.7 Å². The first-order chi connectivity index (χ1) is 18.2. The third kappa shape index (κ3) is 6.51. The van der Waals surface area contributed by atoms with Crippen molar-refractivity contribution in [1.29, 1.82) is 0 Å². The summed E-state index contributed by atoms with van der Waals surface area (Å²) < 4.78 is 32.0. The molecule has 4 rings (SSSR count). The molecule has 1 aromatic rings. The average Bonchev–Trinajstić information content (AvgIpc) is 3.58. The zero-order valence-electron chi connectivity index (χ0n) is 22.8. The highest BCUT2D eigenvalue weighted by Crippen LogP contribution is 2.41. The molecular formula is C28H43N3O6S. The van der Waals surface area contributed by atoms with E-state index < -0.39 is 28.0 Å². The lowest BCUT2D eigenvalue weighted by Crippen LogP contribution is -2.45. The molecule has 3 aliphatic heterocycles. The minimum Gasteiger partial charge on any atom is -0.493 e. The fraction of sp³-hybridized carbons (Fsp3) is 0.714. The number of rotatable bonds is 13. The van der Waals surface area contributed by atoms with Gasteiger partial charge in [0.25, 0.3) is 0 Å². The van der Waals surface area contributed by atoms with E-state index in [1.165, 1.54) is 4.31 Å². The van der Waals surface area contributed by atoms with Crippen LogP contribution in [-0.2, 0) is 26.0 Å². The minimum atomic E-state index is -3.29. The number of sulfonamides is 1. The van der Waals surface area contributed by atoms with E-state index in [-0.39, 0.29) is 30.7 Å². The van der Waals surface area contributed by atoms with E-state index in [1.54, 1.807) is 0 Å². The number of carboxylic acids is 1. The zero-order chi connectivity index (χ0) is 27.3. The lowest BCUT2D eigenvalue weighted by molar-refractivity contribution is -0.143. The molecule has 2 fully saturated rings. The second-order valence-electron chi connectivity index (χ2n) is 10.9. The molecule has 0 bridgehead atoms. The van der Waals surface area contributed by atoms with Gasteiger partial charge in [-0.2, -0.15) is 0 Å². The monoisotopic (exact) mass is 549 g/mol. The number of amides is 1. The van der Waals surface area contributed by atoms with Gasteiger partial charge in [0.2, 0.25) is 15.9 Å². The first-order valence-electron chi connectivity index (χ1n) is 14.2. The minimum absolute atomic E-state index is 0.0258. The molecule has 0 aromatic heterocycles. The van der Waals surface area contributed by atoms with Crippen molar-refractivity contribution in [3.05, 3.63) is 29.3 Å². The smallest absolute Gasteiger partial charge is 0.308 e. The normalized spacial score (nSPS) is 24.8. The van der Waals surface area contributed by atoms with Gasteiger partial charge in [-0.15, -0.1) is 0 Å². The summed E-state index contributed by atoms with van der Waals surface area (Å²) in [6, 6.07) is 5.51. The fourth-order valence-electron chi connectivity index (χ4n) is 6.18. The van der Waals surface area contributed by atoms with Crippen LogP contribution in [-0.4, -0.2) is 97.2 Å². The van der Waals surface area contributed by atoms with Crippen LogP contribution in [0.25, 0.3) is 0 Å². The Hall–Kier alpha value is -2.17. The van der Waals surface area contributed by atoms with E-state index in [1.807, 2.05) is 21.9 Å². The molecule has 0 unspecified atom stereocenters. The van der Waals surface area contributed by atoms with E-state index in [4.69, 9.17) is 4.74 Å². The number of carbonyl (C=O) groups excluding carboxylic acids is 1. The highest BCUT2D eigenvalue weighted by molar-refractivity contribution is 7.89. The van der Waals surface area contributed by atoms with Crippen LogP contribution in [0.5, 0.6) is 5.75 Å². The second kappa shape index (κ2) is 12.8. The Kier molecular flexibility index (Phi) is 9.70. The van der Waals surface area contributed by atoms with Crippen LogP contribution >= 0.6 is 0 Å². The predicted molar refractivity (Wildman–Crippen MR) is 146 cm³/mol. The van der Waals surface area contributed by atoms with E-state index in [9.17, 15) is 23.1 Å². The van der Waals surface area contributed by atoms with Gasteiger partial charge in [0.15, 0.2) is 0 Å². The summed E-state index contributed by atoms with van der Waals surface area (Å²) in [4.78, 5) is 30.2. The summed E-state index contributed by atoms with van der Waals surface area (Å²) in [5, 5.41) is 10.4. The molecule has 38 heavy (non-hydrogen) atoms. The van der Waals surface area contributed by atoms with Crippen molar-refractivity contribution in [2.75, 3.05) is 51.6 Å². The van der Waals surface area contributed by atoms with Gasteiger partial charge in [0, 0.05) is 51.1 Å². The van der Waals surface area contributed by atoms with Crippen molar-refractivity contribution in [2.24, 2.45) is 5.92 Å². The molecule has 0 saturated carbocycles. The van der Waals surface area contributed by atoms with Crippen LogP contribution in [0.4, 0.5) is 0 Å². The lowest BCUT2D eigenvalue weighted by Gasteiger charge is -2.30. The van der Waals surface area contributed by atoms with Gasteiger partial charge in [-0.05, 0) is 42.9 Å². The number of likely N-dealkylation sites (tertiary alicyclic amines) is 1. The maximum Gasteiger partial charge on any atom is 0.308 e. The molecule has 3 aliphatic rings. The number of ether oxygens (including phenoxy) is 1. The summed E-state index contributed by atoms with van der Waals surface area (Å²) in [6.07, 6.45) is 5.65. The highest BCUT2D eigenvalue weighted by Gasteiger charge is 2.47. The van der Waals surface area contributed by atoms with Crippen molar-refractivity contribution >= 4 is 21.9 Å². The van der Waals surface area contributed by atoms with Gasteiger partial charge in [-0.1, -0.05) is 38.8 Å². The fourth-order valence-corrected chi connectivity index (χ4v) is 7.72. The Balaban J connectivity index is 1.59. The van der Waals surface area contributed by atoms with Crippen molar-refractivity contribution in [3.63, 3.8) is 0 Å². The predicted octanol–water partition coefficient (Wildman–Crippen LogP) is 2.94. The Labute approximate surface area is 227 Å². The maximum absolute atomic E-state index is 13.5. The number of carbonyl (C=O) groups is 2. The number of unbranched alkanes of at least 4 members (excludes halogenated alkanes) is 2. The van der Waals surface area contributed by atoms with Crippen LogP contribution in [0.2, 0.25) is 0 Å².